The number of anilines is 1. The van der Waals surface area contributed by atoms with Gasteiger partial charge in [-0.3, -0.25) is 4.79 Å². The number of imidazole rings is 1. The first kappa shape index (κ1) is 20.3. The highest BCUT2D eigenvalue weighted by atomic mass is 16.5. The number of hydrogen-bond acceptors (Lipinski definition) is 4. The van der Waals surface area contributed by atoms with Crippen molar-refractivity contribution in [1.29, 1.82) is 0 Å². The number of amides is 1. The van der Waals surface area contributed by atoms with Gasteiger partial charge in [0.1, 0.15) is 5.82 Å². The van der Waals surface area contributed by atoms with E-state index in [1.165, 1.54) is 0 Å². The minimum absolute atomic E-state index is 0.200. The molecule has 0 fully saturated rings. The number of ether oxygens (including phenoxy) is 1. The summed E-state index contributed by atoms with van der Waals surface area (Å²) in [7, 11) is 0. The Morgan fingerprint density at radius 2 is 1.72 bits per heavy atom. The Labute approximate surface area is 170 Å². The zero-order valence-corrected chi connectivity index (χ0v) is 16.7. The first-order chi connectivity index (χ1) is 14.1. The molecule has 1 N–H and O–H groups in total. The maximum atomic E-state index is 12.5. The summed E-state index contributed by atoms with van der Waals surface area (Å²) in [5.74, 6) is 0.401. The lowest BCUT2D eigenvalue weighted by Gasteiger charge is -2.09. The van der Waals surface area contributed by atoms with E-state index in [4.69, 9.17) is 4.74 Å². The predicted molar refractivity (Wildman–Crippen MR) is 112 cm³/mol. The van der Waals surface area contributed by atoms with E-state index < -0.39 is 0 Å². The highest BCUT2D eigenvalue weighted by molar-refractivity contribution is 6.04. The van der Waals surface area contributed by atoms with Crippen molar-refractivity contribution in [3.05, 3.63) is 83.4 Å². The highest BCUT2D eigenvalue weighted by Crippen LogP contribution is 2.14. The first-order valence-electron chi connectivity index (χ1n) is 9.72. The van der Waals surface area contributed by atoms with E-state index in [0.29, 0.717) is 30.0 Å². The lowest BCUT2D eigenvalue weighted by Crippen LogP contribution is -2.12. The maximum absolute atomic E-state index is 12.5. The van der Waals surface area contributed by atoms with Crippen LogP contribution in [0.25, 0.3) is 0 Å². The van der Waals surface area contributed by atoms with Gasteiger partial charge in [0.2, 0.25) is 0 Å². The molecule has 150 valence electrons. The zero-order valence-electron chi connectivity index (χ0n) is 16.7. The van der Waals surface area contributed by atoms with Gasteiger partial charge < -0.3 is 14.6 Å². The molecule has 0 aliphatic rings. The molecule has 0 saturated heterocycles. The molecular weight excluding hydrogens is 366 g/mol. The number of benzene rings is 2. The van der Waals surface area contributed by atoms with E-state index in [1.807, 2.05) is 36.7 Å². The van der Waals surface area contributed by atoms with E-state index in [2.05, 4.69) is 10.3 Å². The van der Waals surface area contributed by atoms with E-state index in [1.54, 1.807) is 42.6 Å². The Balaban J connectivity index is 1.57. The molecule has 0 saturated carbocycles. The number of aromatic nitrogens is 2. The largest absolute Gasteiger partial charge is 0.462 e. The molecule has 0 radical (unpaired) electrons. The number of nitrogens with zero attached hydrogens (tertiary/aromatic N) is 2. The molecule has 6 nitrogen and oxygen atoms in total. The van der Waals surface area contributed by atoms with Crippen molar-refractivity contribution in [3.63, 3.8) is 0 Å². The number of esters is 1. The van der Waals surface area contributed by atoms with Gasteiger partial charge in [-0.15, -0.1) is 0 Å². The molecule has 29 heavy (non-hydrogen) atoms. The Morgan fingerprint density at radius 1 is 1.03 bits per heavy atom. The molecule has 1 amide bonds. The lowest BCUT2D eigenvalue weighted by atomic mass is 10.1. The van der Waals surface area contributed by atoms with Crippen LogP contribution in [0.4, 0.5) is 5.69 Å². The number of nitrogens with one attached hydrogen (secondary N) is 1. The Bertz CT molecular complexity index is 960. The number of aryl methyl sites for hydroxylation is 1. The number of hydrogen-bond donors (Lipinski definition) is 1. The van der Waals surface area contributed by atoms with Crippen LogP contribution in [-0.2, 0) is 11.3 Å². The second kappa shape index (κ2) is 9.68. The summed E-state index contributed by atoms with van der Waals surface area (Å²) < 4.78 is 7.23. The molecular formula is C23H25N3O3. The molecule has 6 heteroatoms. The smallest absolute Gasteiger partial charge is 0.338 e. The van der Waals surface area contributed by atoms with Crippen LogP contribution >= 0.6 is 0 Å². The molecule has 0 atom stereocenters. The topological polar surface area (TPSA) is 73.2 Å². The van der Waals surface area contributed by atoms with Crippen LogP contribution in [0, 0.1) is 6.92 Å². The third-order valence-electron chi connectivity index (χ3n) is 4.60. The van der Waals surface area contributed by atoms with Gasteiger partial charge in [-0.1, -0.05) is 25.5 Å². The van der Waals surface area contributed by atoms with E-state index in [9.17, 15) is 9.59 Å². The third-order valence-corrected chi connectivity index (χ3v) is 4.60. The summed E-state index contributed by atoms with van der Waals surface area (Å²) in [6.07, 6.45) is 5.52. The van der Waals surface area contributed by atoms with Crippen molar-refractivity contribution in [1.82, 2.24) is 9.55 Å². The maximum Gasteiger partial charge on any atom is 0.338 e. The SMILES string of the molecule is CCCCOC(=O)c1ccc(NC(=O)c2ccc(Cn3ccnc3C)cc2)cc1. The van der Waals surface area contributed by atoms with Crippen molar-refractivity contribution in [3.8, 4) is 0 Å². The summed E-state index contributed by atoms with van der Waals surface area (Å²) in [5.41, 5.74) is 2.75. The quantitative estimate of drug-likeness (QED) is 0.455. The summed E-state index contributed by atoms with van der Waals surface area (Å²) in [6.45, 7) is 5.13. The average molecular weight is 391 g/mol. The van der Waals surface area contributed by atoms with E-state index >= 15 is 0 Å². The monoisotopic (exact) mass is 391 g/mol. The van der Waals surface area contributed by atoms with Gasteiger partial charge in [0, 0.05) is 30.2 Å². The lowest BCUT2D eigenvalue weighted by molar-refractivity contribution is 0.0499. The van der Waals surface area contributed by atoms with Crippen LogP contribution in [0.15, 0.2) is 60.9 Å². The number of unbranched alkanes of at least 4 members (excludes halogenated alkanes) is 1. The fourth-order valence-electron chi connectivity index (χ4n) is 2.81. The van der Waals surface area contributed by atoms with Gasteiger partial charge in [-0.05, 0) is 55.3 Å². The van der Waals surface area contributed by atoms with Gasteiger partial charge in [0.25, 0.3) is 5.91 Å². The Morgan fingerprint density at radius 3 is 2.34 bits per heavy atom. The third kappa shape index (κ3) is 5.54. The van der Waals surface area contributed by atoms with Crippen molar-refractivity contribution >= 4 is 17.6 Å². The van der Waals surface area contributed by atoms with Gasteiger partial charge in [-0.2, -0.15) is 0 Å². The second-order valence-electron chi connectivity index (χ2n) is 6.82. The van der Waals surface area contributed by atoms with Crippen LogP contribution in [-0.4, -0.2) is 28.0 Å². The number of carbonyl (C=O) groups excluding carboxylic acids is 2. The van der Waals surface area contributed by atoms with Crippen LogP contribution in [0.5, 0.6) is 0 Å². The van der Waals surface area contributed by atoms with Gasteiger partial charge in [-0.25, -0.2) is 9.78 Å². The fraction of sp³-hybridized carbons (Fsp3) is 0.261. The summed E-state index contributed by atoms with van der Waals surface area (Å²) in [4.78, 5) is 28.6. The van der Waals surface area contributed by atoms with E-state index in [0.717, 1.165) is 24.2 Å². The van der Waals surface area contributed by atoms with Crippen LogP contribution in [0.3, 0.4) is 0 Å². The molecule has 2 aromatic carbocycles. The van der Waals surface area contributed by atoms with Crippen molar-refractivity contribution in [2.75, 3.05) is 11.9 Å². The molecule has 0 aliphatic heterocycles. The predicted octanol–water partition coefficient (Wildman–Crippen LogP) is 4.45. The molecule has 0 unspecified atom stereocenters. The molecule has 1 heterocycles. The van der Waals surface area contributed by atoms with Crippen LogP contribution in [0.2, 0.25) is 0 Å². The molecule has 0 spiro atoms. The van der Waals surface area contributed by atoms with Crippen LogP contribution < -0.4 is 5.32 Å². The minimum Gasteiger partial charge on any atom is -0.462 e. The molecule has 1 aromatic heterocycles. The number of rotatable bonds is 8. The van der Waals surface area contributed by atoms with Crippen LogP contribution in [0.1, 0.15) is 51.9 Å². The Hall–Kier alpha value is -3.41. The van der Waals surface area contributed by atoms with Crippen molar-refractivity contribution in [2.45, 2.75) is 33.2 Å². The fourth-order valence-corrected chi connectivity index (χ4v) is 2.81. The Kier molecular flexibility index (Phi) is 6.79. The van der Waals surface area contributed by atoms with Crippen molar-refractivity contribution < 1.29 is 14.3 Å². The average Bonchev–Trinajstić information content (AvgIpc) is 3.13. The molecule has 0 bridgehead atoms. The second-order valence-corrected chi connectivity index (χ2v) is 6.82. The standard InChI is InChI=1S/C23H25N3O3/c1-3-4-15-29-23(28)20-9-11-21(12-10-20)25-22(27)19-7-5-18(6-8-19)16-26-14-13-24-17(26)2/h5-14H,3-4,15-16H2,1-2H3,(H,25,27). The summed E-state index contributed by atoms with van der Waals surface area (Å²) in [5, 5.41) is 2.84. The van der Waals surface area contributed by atoms with E-state index in [-0.39, 0.29) is 11.9 Å². The van der Waals surface area contributed by atoms with Gasteiger partial charge >= 0.3 is 5.97 Å². The summed E-state index contributed by atoms with van der Waals surface area (Å²) >= 11 is 0. The summed E-state index contributed by atoms with van der Waals surface area (Å²) in [6, 6.07) is 14.2. The van der Waals surface area contributed by atoms with Gasteiger partial charge in [0.05, 0.1) is 12.2 Å². The zero-order chi connectivity index (χ0) is 20.6. The molecule has 3 rings (SSSR count). The molecule has 0 aliphatic carbocycles. The number of carbonyl (C=O) groups is 2. The van der Waals surface area contributed by atoms with Gasteiger partial charge in [0.15, 0.2) is 0 Å². The highest BCUT2D eigenvalue weighted by Gasteiger charge is 2.09. The molecule has 3 aromatic rings. The minimum atomic E-state index is -0.347. The first-order valence-corrected chi connectivity index (χ1v) is 9.72. The normalized spacial score (nSPS) is 10.6. The van der Waals surface area contributed by atoms with Crippen molar-refractivity contribution in [2.24, 2.45) is 0 Å².